The number of esters is 3. The Balaban J connectivity index is 4.25. The normalized spacial score (nSPS) is 12.7. The predicted octanol–water partition coefficient (Wildman–Crippen LogP) is 23.2. The molecule has 0 aromatic carbocycles. The molecule has 0 bridgehead atoms. The zero-order valence-corrected chi connectivity index (χ0v) is 52.1. The Morgan fingerprint density at radius 2 is 0.494 bits per heavy atom. The van der Waals surface area contributed by atoms with Gasteiger partial charge in [0.05, 0.1) is 0 Å². The zero-order valence-electron chi connectivity index (χ0n) is 52.1. The van der Waals surface area contributed by atoms with Crippen LogP contribution in [0.25, 0.3) is 0 Å². The van der Waals surface area contributed by atoms with E-state index in [0.717, 1.165) is 109 Å². The van der Waals surface area contributed by atoms with E-state index in [2.05, 4.69) is 118 Å². The summed E-state index contributed by atoms with van der Waals surface area (Å²) in [5.74, 6) is -0.905. The Morgan fingerprint density at radius 3 is 0.797 bits per heavy atom. The van der Waals surface area contributed by atoms with E-state index < -0.39 is 6.10 Å². The van der Waals surface area contributed by atoms with Crippen LogP contribution < -0.4 is 0 Å². The van der Waals surface area contributed by atoms with Gasteiger partial charge in [0.1, 0.15) is 13.2 Å². The van der Waals surface area contributed by atoms with Crippen molar-refractivity contribution in [1.82, 2.24) is 0 Å². The highest BCUT2D eigenvalue weighted by atomic mass is 16.6. The molecule has 0 saturated carbocycles. The van der Waals surface area contributed by atoms with Crippen molar-refractivity contribution < 1.29 is 28.6 Å². The molecular weight excluding hydrogens is 973 g/mol. The van der Waals surface area contributed by atoms with E-state index in [1.807, 2.05) is 0 Å². The third-order valence-corrected chi connectivity index (χ3v) is 14.6. The van der Waals surface area contributed by atoms with Crippen LogP contribution in [0.3, 0.4) is 0 Å². The van der Waals surface area contributed by atoms with Gasteiger partial charge in [0.15, 0.2) is 6.10 Å². The average molecular weight is 1100 g/mol. The van der Waals surface area contributed by atoms with Crippen molar-refractivity contribution in [1.29, 1.82) is 0 Å². The van der Waals surface area contributed by atoms with E-state index >= 15 is 0 Å². The molecule has 79 heavy (non-hydrogen) atoms. The molecule has 0 spiro atoms. The van der Waals surface area contributed by atoms with E-state index in [9.17, 15) is 14.4 Å². The van der Waals surface area contributed by atoms with Crippen LogP contribution in [0.4, 0.5) is 0 Å². The highest BCUT2D eigenvalue weighted by Gasteiger charge is 2.19. The molecule has 0 radical (unpaired) electrons. The van der Waals surface area contributed by atoms with Crippen molar-refractivity contribution in [2.24, 2.45) is 0 Å². The first kappa shape index (κ1) is 75.3. The number of ether oxygens (including phenoxy) is 3. The maximum atomic E-state index is 12.9. The fourth-order valence-electron chi connectivity index (χ4n) is 9.56. The quantitative estimate of drug-likeness (QED) is 0.0261. The van der Waals surface area contributed by atoms with Gasteiger partial charge in [-0.1, -0.05) is 291 Å². The smallest absolute Gasteiger partial charge is 0.306 e. The molecule has 0 rings (SSSR count). The lowest BCUT2D eigenvalue weighted by molar-refractivity contribution is -0.167. The lowest BCUT2D eigenvalue weighted by Crippen LogP contribution is -2.30. The van der Waals surface area contributed by atoms with Gasteiger partial charge in [-0.3, -0.25) is 14.4 Å². The fraction of sp³-hybridized carbons (Fsp3) is 0.740. The van der Waals surface area contributed by atoms with Crippen molar-refractivity contribution in [3.05, 3.63) is 97.2 Å². The number of rotatable bonds is 61. The molecule has 6 nitrogen and oxygen atoms in total. The number of hydrogen-bond acceptors (Lipinski definition) is 6. The van der Waals surface area contributed by atoms with Crippen molar-refractivity contribution in [3.8, 4) is 0 Å². The van der Waals surface area contributed by atoms with E-state index in [4.69, 9.17) is 14.2 Å². The first-order valence-corrected chi connectivity index (χ1v) is 33.7. The third kappa shape index (κ3) is 65.0. The molecule has 0 aromatic rings. The number of carbonyl (C=O) groups excluding carboxylic acids is 3. The van der Waals surface area contributed by atoms with Crippen molar-refractivity contribution in [2.75, 3.05) is 13.2 Å². The molecule has 0 fully saturated rings. The van der Waals surface area contributed by atoms with Crippen LogP contribution >= 0.6 is 0 Å². The predicted molar refractivity (Wildman–Crippen MR) is 344 cm³/mol. The van der Waals surface area contributed by atoms with Gasteiger partial charge in [0, 0.05) is 19.3 Å². The van der Waals surface area contributed by atoms with Crippen LogP contribution in [0, 0.1) is 0 Å². The van der Waals surface area contributed by atoms with E-state index in [1.165, 1.54) is 180 Å². The summed E-state index contributed by atoms with van der Waals surface area (Å²) in [7, 11) is 0. The van der Waals surface area contributed by atoms with Gasteiger partial charge in [-0.2, -0.15) is 0 Å². The second kappa shape index (κ2) is 66.8. The topological polar surface area (TPSA) is 78.9 Å². The Bertz CT molecular complexity index is 1540. The van der Waals surface area contributed by atoms with Crippen LogP contribution in [0.1, 0.15) is 329 Å². The molecule has 0 N–H and O–H groups in total. The molecule has 0 aliphatic rings. The summed E-state index contributed by atoms with van der Waals surface area (Å²) >= 11 is 0. The van der Waals surface area contributed by atoms with Gasteiger partial charge in [-0.05, 0) is 116 Å². The molecule has 6 heteroatoms. The summed E-state index contributed by atoms with van der Waals surface area (Å²) < 4.78 is 16.9. The van der Waals surface area contributed by atoms with Crippen LogP contribution in [-0.2, 0) is 28.6 Å². The second-order valence-electron chi connectivity index (χ2n) is 22.3. The first-order chi connectivity index (χ1) is 39.0. The molecule has 0 heterocycles. The fourth-order valence-corrected chi connectivity index (χ4v) is 9.56. The monoisotopic (exact) mass is 1100 g/mol. The molecular formula is C73H126O6. The minimum Gasteiger partial charge on any atom is -0.462 e. The van der Waals surface area contributed by atoms with Gasteiger partial charge in [0.25, 0.3) is 0 Å². The molecule has 1 unspecified atom stereocenters. The lowest BCUT2D eigenvalue weighted by Gasteiger charge is -2.18. The van der Waals surface area contributed by atoms with E-state index in [-0.39, 0.29) is 31.1 Å². The Labute approximate surface area is 489 Å². The minimum absolute atomic E-state index is 0.0853. The maximum absolute atomic E-state index is 12.9. The van der Waals surface area contributed by atoms with Gasteiger partial charge in [-0.15, -0.1) is 0 Å². The van der Waals surface area contributed by atoms with Crippen LogP contribution in [0.5, 0.6) is 0 Å². The number of hydrogen-bond donors (Lipinski definition) is 0. The van der Waals surface area contributed by atoms with Crippen molar-refractivity contribution in [2.45, 2.75) is 335 Å². The average Bonchev–Trinajstić information content (AvgIpc) is 3.45. The number of allylic oxidation sites excluding steroid dienone is 16. The highest BCUT2D eigenvalue weighted by molar-refractivity contribution is 5.71. The largest absolute Gasteiger partial charge is 0.462 e. The molecule has 0 aromatic heterocycles. The maximum Gasteiger partial charge on any atom is 0.306 e. The molecule has 1 atom stereocenters. The molecule has 0 amide bonds. The van der Waals surface area contributed by atoms with Gasteiger partial charge >= 0.3 is 17.9 Å². The summed E-state index contributed by atoms with van der Waals surface area (Å²) in [5.41, 5.74) is 0. The van der Waals surface area contributed by atoms with Crippen molar-refractivity contribution in [3.63, 3.8) is 0 Å². The Hall–Kier alpha value is -3.67. The van der Waals surface area contributed by atoms with Crippen LogP contribution in [0.15, 0.2) is 97.2 Å². The number of unbranched alkanes of at least 4 members (excludes halogenated alkanes) is 34. The summed E-state index contributed by atoms with van der Waals surface area (Å²) in [4.78, 5) is 38.3. The lowest BCUT2D eigenvalue weighted by atomic mass is 10.0. The summed E-state index contributed by atoms with van der Waals surface area (Å²) in [5, 5.41) is 0. The third-order valence-electron chi connectivity index (χ3n) is 14.6. The second-order valence-corrected chi connectivity index (χ2v) is 22.3. The number of carbonyl (C=O) groups is 3. The van der Waals surface area contributed by atoms with E-state index in [0.29, 0.717) is 19.3 Å². The Morgan fingerprint density at radius 1 is 0.266 bits per heavy atom. The summed E-state index contributed by atoms with van der Waals surface area (Å²) in [6.45, 7) is 6.42. The highest BCUT2D eigenvalue weighted by Crippen LogP contribution is 2.17. The van der Waals surface area contributed by atoms with Gasteiger partial charge in [0.2, 0.25) is 0 Å². The SMILES string of the molecule is CC/C=C\C/C=C\C/C=C\C/C=C\CCCCCCCCCCCCCCCCCCC(=O)OCC(COC(=O)CCCCC/C=C\C/C=C\C/C=C\CC)OC(=O)CCCCCCCCCCC/C=C\CCCCCCCC. The van der Waals surface area contributed by atoms with Crippen LogP contribution in [-0.4, -0.2) is 37.2 Å². The zero-order chi connectivity index (χ0) is 57.1. The summed E-state index contributed by atoms with van der Waals surface area (Å²) in [6, 6.07) is 0. The Kier molecular flexibility index (Phi) is 63.7. The van der Waals surface area contributed by atoms with Crippen LogP contribution in [0.2, 0.25) is 0 Å². The van der Waals surface area contributed by atoms with Crippen molar-refractivity contribution >= 4 is 17.9 Å². The summed E-state index contributed by atoms with van der Waals surface area (Å²) in [6.07, 6.45) is 90.1. The molecule has 454 valence electrons. The van der Waals surface area contributed by atoms with Gasteiger partial charge in [-0.25, -0.2) is 0 Å². The standard InChI is InChI=1S/C73H126O6/c1-4-7-10-13-16-19-22-25-27-29-31-32-33-34-35-36-37-38-39-40-42-43-45-48-51-54-57-60-63-66-72(75)78-69-70(68-77-71(74)65-62-59-56-53-50-47-24-21-18-15-12-9-6-3)79-73(76)67-64-61-58-55-52-49-46-44-41-30-28-26-23-20-17-14-11-8-5-2/h7,9-10,12,16,18-19,21,25-28,31-32,47,50,70H,4-6,8,11,13-15,17,20,22-24,29-30,33-46,48-49,51-69H2,1-3H3/b10-7-,12-9-,19-16-,21-18-,27-25-,28-26-,32-31-,50-47-. The molecule has 0 aliphatic carbocycles. The van der Waals surface area contributed by atoms with Gasteiger partial charge < -0.3 is 14.2 Å². The first-order valence-electron chi connectivity index (χ1n) is 33.7. The molecule has 0 aliphatic heterocycles. The molecule has 0 saturated heterocycles. The van der Waals surface area contributed by atoms with E-state index in [1.54, 1.807) is 0 Å². The minimum atomic E-state index is -0.791.